The summed E-state index contributed by atoms with van der Waals surface area (Å²) in [7, 11) is 0. The van der Waals surface area contributed by atoms with Crippen LogP contribution in [-0.2, 0) is 4.79 Å². The van der Waals surface area contributed by atoms with Crippen molar-refractivity contribution in [2.24, 2.45) is 0 Å². The zero-order chi connectivity index (χ0) is 16.2. The number of benzene rings is 1. The Labute approximate surface area is 136 Å². The highest BCUT2D eigenvalue weighted by Crippen LogP contribution is 2.33. The molecular formula is C18H21N3O2. The van der Waals surface area contributed by atoms with Crippen molar-refractivity contribution >= 4 is 5.91 Å². The van der Waals surface area contributed by atoms with Crippen molar-refractivity contribution < 1.29 is 9.53 Å². The standard InChI is InChI=1S/C18H21N3O2/c1-13-3-5-16(6-4-13)23-18-17(19-9-10-20-18)15-7-11-21(12-8-15)14(2)22/h3-6,9-10,15H,7-8,11-12H2,1-2H3. The molecule has 0 spiro atoms. The van der Waals surface area contributed by atoms with Gasteiger partial charge < -0.3 is 9.64 Å². The molecule has 120 valence electrons. The molecule has 0 N–H and O–H groups in total. The minimum atomic E-state index is 0.138. The van der Waals surface area contributed by atoms with E-state index in [4.69, 9.17) is 4.74 Å². The molecule has 0 radical (unpaired) electrons. The van der Waals surface area contributed by atoms with E-state index in [0.29, 0.717) is 5.88 Å². The van der Waals surface area contributed by atoms with Crippen LogP contribution >= 0.6 is 0 Å². The van der Waals surface area contributed by atoms with E-state index >= 15 is 0 Å². The van der Waals surface area contributed by atoms with E-state index < -0.39 is 0 Å². The molecule has 0 unspecified atom stereocenters. The predicted molar refractivity (Wildman–Crippen MR) is 87.5 cm³/mol. The number of carbonyl (C=O) groups is 1. The molecule has 5 heteroatoms. The smallest absolute Gasteiger partial charge is 0.241 e. The highest BCUT2D eigenvalue weighted by molar-refractivity contribution is 5.73. The second-order valence-corrected chi connectivity index (χ2v) is 5.94. The van der Waals surface area contributed by atoms with Crippen molar-refractivity contribution in [1.82, 2.24) is 14.9 Å². The summed E-state index contributed by atoms with van der Waals surface area (Å²) in [5, 5.41) is 0. The minimum absolute atomic E-state index is 0.138. The first-order valence-electron chi connectivity index (χ1n) is 7.94. The third-order valence-corrected chi connectivity index (χ3v) is 4.25. The van der Waals surface area contributed by atoms with Crippen LogP contribution in [0.15, 0.2) is 36.7 Å². The lowest BCUT2D eigenvalue weighted by atomic mass is 9.93. The average Bonchev–Trinajstić information content (AvgIpc) is 2.57. The van der Waals surface area contributed by atoms with Gasteiger partial charge in [0.25, 0.3) is 0 Å². The van der Waals surface area contributed by atoms with E-state index in [-0.39, 0.29) is 11.8 Å². The van der Waals surface area contributed by atoms with Crippen LogP contribution in [0.2, 0.25) is 0 Å². The summed E-state index contributed by atoms with van der Waals surface area (Å²) < 4.78 is 5.94. The first-order chi connectivity index (χ1) is 11.1. The summed E-state index contributed by atoms with van der Waals surface area (Å²) >= 11 is 0. The molecule has 0 aliphatic carbocycles. The summed E-state index contributed by atoms with van der Waals surface area (Å²) in [5.41, 5.74) is 2.07. The molecule has 23 heavy (non-hydrogen) atoms. The van der Waals surface area contributed by atoms with E-state index in [1.165, 1.54) is 5.56 Å². The van der Waals surface area contributed by atoms with Crippen LogP contribution in [0, 0.1) is 6.92 Å². The second-order valence-electron chi connectivity index (χ2n) is 5.94. The molecule has 0 atom stereocenters. The van der Waals surface area contributed by atoms with E-state index in [9.17, 15) is 4.79 Å². The Balaban J connectivity index is 1.76. The summed E-state index contributed by atoms with van der Waals surface area (Å²) in [6.45, 7) is 5.19. The molecule has 1 aliphatic heterocycles. The fraction of sp³-hybridized carbons (Fsp3) is 0.389. The Hall–Kier alpha value is -2.43. The van der Waals surface area contributed by atoms with Crippen molar-refractivity contribution in [3.8, 4) is 11.6 Å². The van der Waals surface area contributed by atoms with E-state index in [1.54, 1.807) is 19.3 Å². The van der Waals surface area contributed by atoms with Crippen molar-refractivity contribution in [2.45, 2.75) is 32.6 Å². The summed E-state index contributed by atoms with van der Waals surface area (Å²) in [5.74, 6) is 1.75. The van der Waals surface area contributed by atoms with Crippen LogP contribution in [0.25, 0.3) is 0 Å². The number of piperidine rings is 1. The van der Waals surface area contributed by atoms with Gasteiger partial charge in [-0.15, -0.1) is 0 Å². The fourth-order valence-corrected chi connectivity index (χ4v) is 2.88. The zero-order valence-electron chi connectivity index (χ0n) is 13.5. The Bertz CT molecular complexity index is 677. The lowest BCUT2D eigenvalue weighted by molar-refractivity contribution is -0.129. The SMILES string of the molecule is CC(=O)N1CCC(c2nccnc2Oc2ccc(C)cc2)CC1. The van der Waals surface area contributed by atoms with Gasteiger partial charge in [0.15, 0.2) is 0 Å². The molecule has 1 saturated heterocycles. The number of amides is 1. The number of likely N-dealkylation sites (tertiary alicyclic amines) is 1. The largest absolute Gasteiger partial charge is 0.437 e. The minimum Gasteiger partial charge on any atom is -0.437 e. The van der Waals surface area contributed by atoms with Gasteiger partial charge in [-0.1, -0.05) is 17.7 Å². The number of rotatable bonds is 3. The lowest BCUT2D eigenvalue weighted by Crippen LogP contribution is -2.36. The van der Waals surface area contributed by atoms with Crippen molar-refractivity contribution in [3.05, 3.63) is 47.9 Å². The monoisotopic (exact) mass is 311 g/mol. The zero-order valence-corrected chi connectivity index (χ0v) is 13.5. The quantitative estimate of drug-likeness (QED) is 0.872. The molecule has 2 heterocycles. The van der Waals surface area contributed by atoms with Crippen LogP contribution in [-0.4, -0.2) is 33.9 Å². The van der Waals surface area contributed by atoms with Gasteiger partial charge in [-0.2, -0.15) is 0 Å². The summed E-state index contributed by atoms with van der Waals surface area (Å²) in [6, 6.07) is 7.89. The molecule has 1 amide bonds. The highest BCUT2D eigenvalue weighted by atomic mass is 16.5. The Morgan fingerprint density at radius 3 is 2.43 bits per heavy atom. The Kier molecular flexibility index (Phi) is 4.55. The van der Waals surface area contributed by atoms with E-state index in [1.807, 2.05) is 36.1 Å². The fourth-order valence-electron chi connectivity index (χ4n) is 2.88. The highest BCUT2D eigenvalue weighted by Gasteiger charge is 2.26. The van der Waals surface area contributed by atoms with Gasteiger partial charge in [-0.3, -0.25) is 9.78 Å². The molecule has 0 saturated carbocycles. The van der Waals surface area contributed by atoms with Crippen LogP contribution in [0.3, 0.4) is 0 Å². The van der Waals surface area contributed by atoms with Crippen LogP contribution in [0.4, 0.5) is 0 Å². The molecule has 1 fully saturated rings. The van der Waals surface area contributed by atoms with Crippen LogP contribution in [0.5, 0.6) is 11.6 Å². The van der Waals surface area contributed by atoms with Crippen molar-refractivity contribution in [1.29, 1.82) is 0 Å². The number of ether oxygens (including phenoxy) is 1. The van der Waals surface area contributed by atoms with Gasteiger partial charge in [0.2, 0.25) is 11.8 Å². The maximum atomic E-state index is 11.5. The van der Waals surface area contributed by atoms with E-state index in [0.717, 1.165) is 37.4 Å². The lowest BCUT2D eigenvalue weighted by Gasteiger charge is -2.31. The molecule has 3 rings (SSSR count). The average molecular weight is 311 g/mol. The number of hydrogen-bond donors (Lipinski definition) is 0. The molecule has 1 aliphatic rings. The maximum Gasteiger partial charge on any atom is 0.241 e. The molecule has 0 bridgehead atoms. The topological polar surface area (TPSA) is 55.3 Å². The van der Waals surface area contributed by atoms with Gasteiger partial charge in [0.05, 0.1) is 0 Å². The van der Waals surface area contributed by atoms with Crippen LogP contribution in [0.1, 0.15) is 36.9 Å². The second kappa shape index (κ2) is 6.77. The molecule has 1 aromatic carbocycles. The predicted octanol–water partition coefficient (Wildman–Crippen LogP) is 3.30. The normalized spacial score (nSPS) is 15.5. The maximum absolute atomic E-state index is 11.5. The van der Waals surface area contributed by atoms with Crippen molar-refractivity contribution in [3.63, 3.8) is 0 Å². The Morgan fingerprint density at radius 1 is 1.13 bits per heavy atom. The number of hydrogen-bond acceptors (Lipinski definition) is 4. The summed E-state index contributed by atoms with van der Waals surface area (Å²) in [6.07, 6.45) is 5.14. The molecule has 2 aromatic rings. The number of nitrogens with zero attached hydrogens (tertiary/aromatic N) is 3. The third kappa shape index (κ3) is 3.67. The molecular weight excluding hydrogens is 290 g/mol. The molecule has 1 aromatic heterocycles. The van der Waals surface area contributed by atoms with Gasteiger partial charge in [0, 0.05) is 38.3 Å². The number of aryl methyl sites for hydroxylation is 1. The van der Waals surface area contributed by atoms with Crippen LogP contribution < -0.4 is 4.74 Å². The van der Waals surface area contributed by atoms with E-state index in [2.05, 4.69) is 9.97 Å². The van der Waals surface area contributed by atoms with Gasteiger partial charge in [-0.25, -0.2) is 4.98 Å². The third-order valence-electron chi connectivity index (χ3n) is 4.25. The number of aromatic nitrogens is 2. The summed E-state index contributed by atoms with van der Waals surface area (Å²) in [4.78, 5) is 22.2. The van der Waals surface area contributed by atoms with Gasteiger partial charge in [0.1, 0.15) is 11.4 Å². The van der Waals surface area contributed by atoms with Gasteiger partial charge in [-0.05, 0) is 31.9 Å². The van der Waals surface area contributed by atoms with Gasteiger partial charge >= 0.3 is 0 Å². The number of carbonyl (C=O) groups excluding carboxylic acids is 1. The van der Waals surface area contributed by atoms with Crippen molar-refractivity contribution in [2.75, 3.05) is 13.1 Å². The Morgan fingerprint density at radius 2 is 1.78 bits per heavy atom. The first kappa shape index (κ1) is 15.5. The first-order valence-corrected chi connectivity index (χ1v) is 7.94. The molecule has 5 nitrogen and oxygen atoms in total.